The maximum atomic E-state index is 11.7. The van der Waals surface area contributed by atoms with Gasteiger partial charge in [0.05, 0.1) is 6.33 Å². The third-order valence-corrected chi connectivity index (χ3v) is 3.58. The Hall–Kier alpha value is -1.85. The Labute approximate surface area is 104 Å². The van der Waals surface area contributed by atoms with Gasteiger partial charge in [0.1, 0.15) is 0 Å². The second kappa shape index (κ2) is 4.80. The second-order valence-corrected chi connectivity index (χ2v) is 4.90. The van der Waals surface area contributed by atoms with E-state index in [0.29, 0.717) is 23.0 Å². The van der Waals surface area contributed by atoms with Crippen molar-refractivity contribution in [2.24, 2.45) is 5.92 Å². The van der Waals surface area contributed by atoms with E-state index in [4.69, 9.17) is 0 Å². The van der Waals surface area contributed by atoms with Gasteiger partial charge in [-0.3, -0.25) is 9.78 Å². The number of imidazole rings is 1. The fourth-order valence-electron chi connectivity index (χ4n) is 2.56. The quantitative estimate of drug-likeness (QED) is 0.769. The van der Waals surface area contributed by atoms with E-state index in [1.54, 1.807) is 0 Å². The summed E-state index contributed by atoms with van der Waals surface area (Å²) in [6.45, 7) is 0.874. The lowest BCUT2D eigenvalue weighted by atomic mass is 9.89. The second-order valence-electron chi connectivity index (χ2n) is 4.90. The molecule has 0 spiro atoms. The monoisotopic (exact) mass is 247 g/mol. The van der Waals surface area contributed by atoms with Crippen LogP contribution < -0.4 is 10.9 Å². The Balaban J connectivity index is 1.72. The van der Waals surface area contributed by atoms with Crippen LogP contribution in [0.5, 0.6) is 0 Å². The molecule has 0 radical (unpaired) electrons. The molecule has 0 aliphatic heterocycles. The van der Waals surface area contributed by atoms with Crippen LogP contribution in [0.25, 0.3) is 11.2 Å². The summed E-state index contributed by atoms with van der Waals surface area (Å²) in [5, 5.41) is 3.22. The SMILES string of the molecule is O=c1[nH]c(NCC2CCCCC2)nc2nc[nH]c12. The lowest BCUT2D eigenvalue weighted by Gasteiger charge is -2.21. The summed E-state index contributed by atoms with van der Waals surface area (Å²) < 4.78 is 0. The van der Waals surface area contributed by atoms with Crippen molar-refractivity contribution in [2.45, 2.75) is 32.1 Å². The first-order chi connectivity index (χ1) is 8.83. The summed E-state index contributed by atoms with van der Waals surface area (Å²) in [4.78, 5) is 25.5. The van der Waals surface area contributed by atoms with Gasteiger partial charge in [-0.2, -0.15) is 4.98 Å². The van der Waals surface area contributed by atoms with E-state index in [2.05, 4.69) is 25.3 Å². The summed E-state index contributed by atoms with van der Waals surface area (Å²) >= 11 is 0. The van der Waals surface area contributed by atoms with E-state index in [1.807, 2.05) is 0 Å². The van der Waals surface area contributed by atoms with Gasteiger partial charge >= 0.3 is 0 Å². The molecule has 3 rings (SSSR count). The molecule has 0 unspecified atom stereocenters. The fraction of sp³-hybridized carbons (Fsp3) is 0.583. The van der Waals surface area contributed by atoms with Crippen LogP contribution in [0.1, 0.15) is 32.1 Å². The molecule has 18 heavy (non-hydrogen) atoms. The Morgan fingerprint density at radius 1 is 1.33 bits per heavy atom. The van der Waals surface area contributed by atoms with Crippen LogP contribution >= 0.6 is 0 Å². The highest BCUT2D eigenvalue weighted by atomic mass is 16.1. The average molecular weight is 247 g/mol. The molecule has 0 saturated heterocycles. The van der Waals surface area contributed by atoms with Crippen LogP contribution in [0.2, 0.25) is 0 Å². The van der Waals surface area contributed by atoms with Gasteiger partial charge in [-0.05, 0) is 18.8 Å². The predicted molar refractivity (Wildman–Crippen MR) is 69.6 cm³/mol. The zero-order valence-corrected chi connectivity index (χ0v) is 10.2. The third kappa shape index (κ3) is 2.23. The first-order valence-corrected chi connectivity index (χ1v) is 6.50. The number of anilines is 1. The molecule has 6 nitrogen and oxygen atoms in total. The standard InChI is InChI=1S/C12H17N5O/c18-11-9-10(15-7-14-9)16-12(17-11)13-6-8-4-2-1-3-5-8/h7-8H,1-6H2,(H3,13,14,15,16,17,18). The van der Waals surface area contributed by atoms with Gasteiger partial charge in [-0.25, -0.2) is 4.98 Å². The first-order valence-electron chi connectivity index (χ1n) is 6.50. The van der Waals surface area contributed by atoms with Crippen molar-refractivity contribution in [3.8, 4) is 0 Å². The maximum absolute atomic E-state index is 11.7. The number of hydrogen-bond donors (Lipinski definition) is 3. The largest absolute Gasteiger partial charge is 0.355 e. The number of nitrogens with one attached hydrogen (secondary N) is 3. The Bertz CT molecular complexity index is 581. The number of aromatic nitrogens is 4. The number of hydrogen-bond acceptors (Lipinski definition) is 4. The van der Waals surface area contributed by atoms with Crippen LogP contribution in [0.4, 0.5) is 5.95 Å². The molecule has 2 heterocycles. The van der Waals surface area contributed by atoms with Crippen molar-refractivity contribution in [3.63, 3.8) is 0 Å². The van der Waals surface area contributed by atoms with Crippen LogP contribution in [0.15, 0.2) is 11.1 Å². The normalized spacial score (nSPS) is 17.1. The van der Waals surface area contributed by atoms with E-state index in [-0.39, 0.29) is 5.56 Å². The minimum absolute atomic E-state index is 0.177. The van der Waals surface area contributed by atoms with Gasteiger partial charge in [-0.15, -0.1) is 0 Å². The molecule has 0 bridgehead atoms. The molecular weight excluding hydrogens is 230 g/mol. The highest BCUT2D eigenvalue weighted by molar-refractivity contribution is 5.69. The summed E-state index contributed by atoms with van der Waals surface area (Å²) in [5.74, 6) is 1.21. The van der Waals surface area contributed by atoms with Gasteiger partial charge in [0, 0.05) is 6.54 Å². The zero-order chi connectivity index (χ0) is 12.4. The Morgan fingerprint density at radius 3 is 3.00 bits per heavy atom. The highest BCUT2D eigenvalue weighted by Gasteiger charge is 2.13. The minimum Gasteiger partial charge on any atom is -0.355 e. The number of nitrogens with zero attached hydrogens (tertiary/aromatic N) is 2. The van der Waals surface area contributed by atoms with Crippen LogP contribution in [-0.4, -0.2) is 26.5 Å². The number of aromatic amines is 2. The molecule has 1 saturated carbocycles. The average Bonchev–Trinajstić information content (AvgIpc) is 2.86. The number of H-pyrrole nitrogens is 2. The number of fused-ring (bicyclic) bond motifs is 1. The van der Waals surface area contributed by atoms with Gasteiger partial charge in [0.15, 0.2) is 11.2 Å². The lowest BCUT2D eigenvalue weighted by Crippen LogP contribution is -2.20. The molecule has 6 heteroatoms. The Kier molecular flexibility index (Phi) is 3.00. The molecule has 0 amide bonds. The van der Waals surface area contributed by atoms with Gasteiger partial charge < -0.3 is 10.3 Å². The van der Waals surface area contributed by atoms with Crippen molar-refractivity contribution >= 4 is 17.1 Å². The maximum Gasteiger partial charge on any atom is 0.278 e. The van der Waals surface area contributed by atoms with Crippen LogP contribution in [-0.2, 0) is 0 Å². The molecule has 1 fully saturated rings. The molecule has 1 aliphatic carbocycles. The van der Waals surface area contributed by atoms with Crippen LogP contribution in [0, 0.1) is 5.92 Å². The van der Waals surface area contributed by atoms with Crippen molar-refractivity contribution in [2.75, 3.05) is 11.9 Å². The molecule has 3 N–H and O–H groups in total. The molecular formula is C12H17N5O. The zero-order valence-electron chi connectivity index (χ0n) is 10.2. The van der Waals surface area contributed by atoms with Crippen LogP contribution in [0.3, 0.4) is 0 Å². The van der Waals surface area contributed by atoms with Crippen molar-refractivity contribution < 1.29 is 0 Å². The van der Waals surface area contributed by atoms with E-state index in [0.717, 1.165) is 6.54 Å². The lowest BCUT2D eigenvalue weighted by molar-refractivity contribution is 0.373. The summed E-state index contributed by atoms with van der Waals surface area (Å²) in [7, 11) is 0. The molecule has 0 atom stereocenters. The Morgan fingerprint density at radius 2 is 2.17 bits per heavy atom. The molecule has 1 aliphatic rings. The van der Waals surface area contributed by atoms with Gasteiger partial charge in [0.25, 0.3) is 5.56 Å². The first kappa shape index (κ1) is 11.3. The molecule has 2 aromatic rings. The smallest absolute Gasteiger partial charge is 0.278 e. The van der Waals surface area contributed by atoms with Crippen molar-refractivity contribution in [1.82, 2.24) is 19.9 Å². The third-order valence-electron chi connectivity index (χ3n) is 3.58. The summed E-state index contributed by atoms with van der Waals surface area (Å²) in [6, 6.07) is 0. The van der Waals surface area contributed by atoms with E-state index in [1.165, 1.54) is 38.4 Å². The molecule has 96 valence electrons. The molecule has 2 aromatic heterocycles. The number of rotatable bonds is 3. The highest BCUT2D eigenvalue weighted by Crippen LogP contribution is 2.23. The summed E-state index contributed by atoms with van der Waals surface area (Å²) in [6.07, 6.45) is 8.00. The van der Waals surface area contributed by atoms with Crippen molar-refractivity contribution in [1.29, 1.82) is 0 Å². The summed E-state index contributed by atoms with van der Waals surface area (Å²) in [5.41, 5.74) is 0.715. The topological polar surface area (TPSA) is 86.5 Å². The minimum atomic E-state index is -0.177. The van der Waals surface area contributed by atoms with Gasteiger partial charge in [0.2, 0.25) is 5.95 Å². The fourth-order valence-corrected chi connectivity index (χ4v) is 2.56. The van der Waals surface area contributed by atoms with Gasteiger partial charge in [-0.1, -0.05) is 19.3 Å². The van der Waals surface area contributed by atoms with E-state index in [9.17, 15) is 4.79 Å². The van der Waals surface area contributed by atoms with E-state index < -0.39 is 0 Å². The molecule has 0 aromatic carbocycles. The van der Waals surface area contributed by atoms with Crippen molar-refractivity contribution in [3.05, 3.63) is 16.7 Å². The predicted octanol–water partition coefficient (Wildman–Crippen LogP) is 1.64. The van der Waals surface area contributed by atoms with E-state index >= 15 is 0 Å².